The maximum absolute atomic E-state index is 4.87. The van der Waals surface area contributed by atoms with Crippen LogP contribution in [0.4, 0.5) is 0 Å². The number of halogens is 1. The van der Waals surface area contributed by atoms with Crippen molar-refractivity contribution < 1.29 is 0 Å². The van der Waals surface area contributed by atoms with Gasteiger partial charge >= 0.3 is 0 Å². The Labute approximate surface area is 191 Å². The molecule has 0 atom stereocenters. The van der Waals surface area contributed by atoms with Gasteiger partial charge in [-0.1, -0.05) is 12.8 Å². The Morgan fingerprint density at radius 3 is 2.43 bits per heavy atom. The summed E-state index contributed by atoms with van der Waals surface area (Å²) in [4.78, 5) is 7.63. The number of nitrogens with one attached hydrogen (secondary N) is 2. The maximum atomic E-state index is 4.87. The molecule has 0 bridgehead atoms. The van der Waals surface area contributed by atoms with Crippen LogP contribution in [0.15, 0.2) is 4.99 Å². The second kappa shape index (κ2) is 11.1. The van der Waals surface area contributed by atoms with E-state index in [-0.39, 0.29) is 24.0 Å². The molecule has 2 fully saturated rings. The third-order valence-corrected chi connectivity index (χ3v) is 7.14. The molecule has 1 aliphatic heterocycles. The van der Waals surface area contributed by atoms with Crippen molar-refractivity contribution >= 4 is 41.7 Å². The van der Waals surface area contributed by atoms with Gasteiger partial charge in [0.15, 0.2) is 5.96 Å². The van der Waals surface area contributed by atoms with Crippen LogP contribution in [0.2, 0.25) is 0 Å². The predicted octanol–water partition coefficient (Wildman–Crippen LogP) is 3.07. The van der Waals surface area contributed by atoms with Crippen molar-refractivity contribution in [2.75, 3.05) is 37.7 Å². The van der Waals surface area contributed by atoms with Gasteiger partial charge in [0.25, 0.3) is 0 Å². The van der Waals surface area contributed by atoms with Crippen molar-refractivity contribution in [2.24, 2.45) is 12.0 Å². The minimum absolute atomic E-state index is 0. The van der Waals surface area contributed by atoms with Crippen LogP contribution in [0.3, 0.4) is 0 Å². The van der Waals surface area contributed by atoms with E-state index in [2.05, 4.69) is 53.2 Å². The van der Waals surface area contributed by atoms with Gasteiger partial charge in [0, 0.05) is 61.5 Å². The van der Waals surface area contributed by atoms with Crippen LogP contribution in [0, 0.1) is 13.8 Å². The van der Waals surface area contributed by atoms with Crippen LogP contribution >= 0.6 is 35.7 Å². The first-order valence-electron chi connectivity index (χ1n) is 10.4. The highest BCUT2D eigenvalue weighted by atomic mass is 127. The van der Waals surface area contributed by atoms with Crippen LogP contribution in [0.25, 0.3) is 0 Å². The molecule has 1 aromatic rings. The van der Waals surface area contributed by atoms with Crippen LogP contribution in [0.5, 0.6) is 0 Å². The molecule has 2 heterocycles. The highest BCUT2D eigenvalue weighted by Crippen LogP contribution is 2.36. The summed E-state index contributed by atoms with van der Waals surface area (Å²) in [6.07, 6.45) is 5.33. The van der Waals surface area contributed by atoms with Gasteiger partial charge in [-0.25, -0.2) is 4.99 Å². The van der Waals surface area contributed by atoms with E-state index in [0.29, 0.717) is 12.1 Å². The molecule has 160 valence electrons. The van der Waals surface area contributed by atoms with Gasteiger partial charge < -0.3 is 10.6 Å². The molecule has 3 rings (SSSR count). The zero-order valence-corrected chi connectivity index (χ0v) is 21.0. The predicted molar refractivity (Wildman–Crippen MR) is 131 cm³/mol. The fourth-order valence-corrected chi connectivity index (χ4v) is 5.37. The first-order chi connectivity index (χ1) is 13.1. The molecule has 0 radical (unpaired) electrons. The number of rotatable bonds is 6. The van der Waals surface area contributed by atoms with E-state index in [1.54, 1.807) is 0 Å². The fourth-order valence-electron chi connectivity index (χ4n) is 4.47. The van der Waals surface area contributed by atoms with Crippen molar-refractivity contribution in [3.8, 4) is 0 Å². The topological polar surface area (TPSA) is 57.5 Å². The summed E-state index contributed by atoms with van der Waals surface area (Å²) < 4.78 is 1.95. The Bertz CT molecular complexity index is 647. The zero-order chi connectivity index (χ0) is 19.3. The lowest BCUT2D eigenvalue weighted by atomic mass is 9.94. The zero-order valence-electron chi connectivity index (χ0n) is 17.9. The van der Waals surface area contributed by atoms with E-state index in [1.165, 1.54) is 61.5 Å². The molecule has 0 amide bonds. The lowest BCUT2D eigenvalue weighted by Crippen LogP contribution is -2.57. The number of guanidine groups is 1. The van der Waals surface area contributed by atoms with E-state index in [1.807, 2.05) is 11.7 Å². The van der Waals surface area contributed by atoms with Gasteiger partial charge in [-0.15, -0.1) is 24.0 Å². The SMILES string of the molecule is CCNC(=NCc1c(C)nn(C)c1C)NCC1(N2CCSCC2)CCCC1.I. The Morgan fingerprint density at radius 1 is 1.18 bits per heavy atom. The van der Waals surface area contributed by atoms with Gasteiger partial charge in [0.1, 0.15) is 0 Å². The van der Waals surface area contributed by atoms with E-state index in [0.717, 1.165) is 24.7 Å². The number of aliphatic imine (C=N–C) groups is 1. The van der Waals surface area contributed by atoms with Crippen molar-refractivity contribution in [3.63, 3.8) is 0 Å². The monoisotopic (exact) mass is 520 g/mol. The average molecular weight is 521 g/mol. The number of hydrogen-bond donors (Lipinski definition) is 2. The first-order valence-corrected chi connectivity index (χ1v) is 11.6. The molecule has 1 saturated heterocycles. The molecule has 6 nitrogen and oxygen atoms in total. The molecular formula is C20H37IN6S. The minimum atomic E-state index is 0. The summed E-state index contributed by atoms with van der Waals surface area (Å²) in [7, 11) is 2.00. The molecule has 8 heteroatoms. The molecule has 1 saturated carbocycles. The van der Waals surface area contributed by atoms with Crippen molar-refractivity contribution in [2.45, 2.75) is 58.5 Å². The van der Waals surface area contributed by atoms with Gasteiger partial charge in [-0.2, -0.15) is 16.9 Å². The molecular weight excluding hydrogens is 483 g/mol. The van der Waals surface area contributed by atoms with Gasteiger partial charge in [-0.05, 0) is 33.6 Å². The molecule has 0 unspecified atom stereocenters. The summed E-state index contributed by atoms with van der Waals surface area (Å²) in [5.41, 5.74) is 3.83. The Hall–Kier alpha value is -0.480. The second-order valence-electron chi connectivity index (χ2n) is 7.85. The van der Waals surface area contributed by atoms with Gasteiger partial charge in [0.2, 0.25) is 0 Å². The fraction of sp³-hybridized carbons (Fsp3) is 0.800. The lowest BCUT2D eigenvalue weighted by Gasteiger charge is -2.43. The van der Waals surface area contributed by atoms with Crippen LogP contribution < -0.4 is 10.6 Å². The lowest BCUT2D eigenvalue weighted by molar-refractivity contribution is 0.107. The summed E-state index contributed by atoms with van der Waals surface area (Å²) in [5.74, 6) is 3.48. The molecule has 0 spiro atoms. The number of aromatic nitrogens is 2. The molecule has 1 aromatic heterocycles. The van der Waals surface area contributed by atoms with E-state index < -0.39 is 0 Å². The maximum Gasteiger partial charge on any atom is 0.191 e. The smallest absolute Gasteiger partial charge is 0.191 e. The van der Waals surface area contributed by atoms with E-state index >= 15 is 0 Å². The molecule has 1 aliphatic carbocycles. The van der Waals surface area contributed by atoms with Crippen LogP contribution in [-0.4, -0.2) is 63.9 Å². The number of hydrogen-bond acceptors (Lipinski definition) is 4. The minimum Gasteiger partial charge on any atom is -0.357 e. The summed E-state index contributed by atoms with van der Waals surface area (Å²) >= 11 is 2.09. The standard InChI is InChI=1S/C20H36N6S.HI/c1-5-21-19(22-14-18-16(2)24-25(4)17(18)3)23-15-20(8-6-7-9-20)26-10-12-27-13-11-26;/h5-15H2,1-4H3,(H2,21,22,23);1H. The summed E-state index contributed by atoms with van der Waals surface area (Å²) in [6.45, 7) is 11.3. The Kier molecular flexibility index (Phi) is 9.40. The van der Waals surface area contributed by atoms with Crippen molar-refractivity contribution in [1.29, 1.82) is 0 Å². The molecule has 28 heavy (non-hydrogen) atoms. The van der Waals surface area contributed by atoms with Crippen LogP contribution in [-0.2, 0) is 13.6 Å². The quantitative estimate of drug-likeness (QED) is 0.343. The van der Waals surface area contributed by atoms with Gasteiger partial charge in [0.05, 0.1) is 12.2 Å². The average Bonchev–Trinajstić information content (AvgIpc) is 3.25. The second-order valence-corrected chi connectivity index (χ2v) is 9.08. The highest BCUT2D eigenvalue weighted by molar-refractivity contribution is 14.0. The largest absolute Gasteiger partial charge is 0.357 e. The first kappa shape index (κ1) is 23.8. The van der Waals surface area contributed by atoms with Crippen molar-refractivity contribution in [1.82, 2.24) is 25.3 Å². The van der Waals surface area contributed by atoms with Crippen LogP contribution in [0.1, 0.15) is 49.6 Å². The van der Waals surface area contributed by atoms with E-state index in [9.17, 15) is 0 Å². The molecule has 2 aliphatic rings. The third kappa shape index (κ3) is 5.56. The molecule has 2 N–H and O–H groups in total. The number of nitrogens with zero attached hydrogens (tertiary/aromatic N) is 4. The normalized spacial score (nSPS) is 20.1. The van der Waals surface area contributed by atoms with Crippen molar-refractivity contribution in [3.05, 3.63) is 17.0 Å². The summed E-state index contributed by atoms with van der Waals surface area (Å²) in [6, 6.07) is 0. The Balaban J connectivity index is 0.00000280. The number of aryl methyl sites for hydroxylation is 2. The highest BCUT2D eigenvalue weighted by Gasteiger charge is 2.39. The summed E-state index contributed by atoms with van der Waals surface area (Å²) in [5, 5.41) is 11.6. The Morgan fingerprint density at radius 2 is 1.86 bits per heavy atom. The molecule has 0 aromatic carbocycles. The number of thioether (sulfide) groups is 1. The third-order valence-electron chi connectivity index (χ3n) is 6.20. The van der Waals surface area contributed by atoms with Gasteiger partial charge in [-0.3, -0.25) is 9.58 Å². The van der Waals surface area contributed by atoms with E-state index in [4.69, 9.17) is 4.99 Å².